The monoisotopic (exact) mass is 266 g/mol. The Labute approximate surface area is 115 Å². The Morgan fingerprint density at radius 1 is 1.16 bits per heavy atom. The Hall–Kier alpha value is -0.770. The van der Waals surface area contributed by atoms with Crippen molar-refractivity contribution in [3.05, 3.63) is 0 Å². The second kappa shape index (κ2) is 5.70. The second-order valence-electron chi connectivity index (χ2n) is 6.50. The van der Waals surface area contributed by atoms with E-state index in [0.717, 1.165) is 45.4 Å². The largest absolute Gasteiger partial charge is 0.443 e. The van der Waals surface area contributed by atoms with Gasteiger partial charge in [0.05, 0.1) is 0 Å². The molecule has 0 unspecified atom stereocenters. The van der Waals surface area contributed by atoms with Crippen LogP contribution in [0.15, 0.2) is 0 Å². The van der Waals surface area contributed by atoms with E-state index < -0.39 is 0 Å². The van der Waals surface area contributed by atoms with E-state index in [0.29, 0.717) is 5.92 Å². The Balaban J connectivity index is 1.53. The molecule has 0 bridgehead atoms. The Morgan fingerprint density at radius 2 is 1.89 bits per heavy atom. The first kappa shape index (κ1) is 13.2. The van der Waals surface area contributed by atoms with Gasteiger partial charge in [-0.05, 0) is 44.7 Å². The average molecular weight is 266 g/mol. The molecule has 0 aromatic rings. The number of hydrogen-bond donors (Lipinski definition) is 1. The highest BCUT2D eigenvalue weighted by atomic mass is 16.6. The number of amides is 1. The smallest absolute Gasteiger partial charge is 0.410 e. The van der Waals surface area contributed by atoms with Crippen LogP contribution in [-0.4, -0.2) is 42.8 Å². The summed E-state index contributed by atoms with van der Waals surface area (Å²) in [7, 11) is 0. The Morgan fingerprint density at radius 3 is 2.58 bits per heavy atom. The molecule has 0 atom stereocenters. The van der Waals surface area contributed by atoms with Crippen molar-refractivity contribution in [1.82, 2.24) is 10.2 Å². The number of nitrogens with one attached hydrogen (secondary N) is 1. The standard InChI is InChI=1S/C15H26N2O2/c18-14-17(12-13-4-2-1-3-5-13)11-8-15(19-14)6-9-16-10-7-15/h13,16H,1-12H2. The summed E-state index contributed by atoms with van der Waals surface area (Å²) in [4.78, 5) is 14.2. The van der Waals surface area contributed by atoms with Crippen LogP contribution in [0.25, 0.3) is 0 Å². The predicted molar refractivity (Wildman–Crippen MR) is 74.1 cm³/mol. The molecule has 3 fully saturated rings. The van der Waals surface area contributed by atoms with Gasteiger partial charge in [-0.2, -0.15) is 0 Å². The summed E-state index contributed by atoms with van der Waals surface area (Å²) in [5.41, 5.74) is -0.147. The number of carbonyl (C=O) groups excluding carboxylic acids is 1. The fourth-order valence-electron chi connectivity index (χ4n) is 3.81. The SMILES string of the molecule is O=C1OC2(CCNCC2)CCN1CC1CCCCC1. The number of rotatable bonds is 2. The van der Waals surface area contributed by atoms with E-state index >= 15 is 0 Å². The lowest BCUT2D eigenvalue weighted by Crippen LogP contribution is -2.54. The molecule has 1 amide bonds. The van der Waals surface area contributed by atoms with Gasteiger partial charge in [0.1, 0.15) is 5.60 Å². The Bertz CT molecular complexity index is 320. The van der Waals surface area contributed by atoms with E-state index in [1.807, 2.05) is 4.90 Å². The number of nitrogens with zero attached hydrogens (tertiary/aromatic N) is 1. The highest BCUT2D eigenvalue weighted by molar-refractivity contribution is 5.69. The maximum atomic E-state index is 12.2. The van der Waals surface area contributed by atoms with Crippen LogP contribution in [0.1, 0.15) is 51.4 Å². The summed E-state index contributed by atoms with van der Waals surface area (Å²) in [6, 6.07) is 0. The molecule has 3 rings (SSSR count). The minimum Gasteiger partial charge on any atom is -0.443 e. The van der Waals surface area contributed by atoms with Gasteiger partial charge in [0.15, 0.2) is 0 Å². The van der Waals surface area contributed by atoms with Gasteiger partial charge in [-0.25, -0.2) is 4.79 Å². The fourth-order valence-corrected chi connectivity index (χ4v) is 3.81. The fraction of sp³-hybridized carbons (Fsp3) is 0.933. The van der Waals surface area contributed by atoms with Crippen LogP contribution < -0.4 is 5.32 Å². The maximum absolute atomic E-state index is 12.2. The van der Waals surface area contributed by atoms with Gasteiger partial charge in [-0.15, -0.1) is 0 Å². The second-order valence-corrected chi connectivity index (χ2v) is 6.50. The van der Waals surface area contributed by atoms with Gasteiger partial charge in [0.2, 0.25) is 0 Å². The lowest BCUT2D eigenvalue weighted by atomic mass is 9.86. The molecule has 4 heteroatoms. The van der Waals surface area contributed by atoms with Crippen LogP contribution in [0, 0.1) is 5.92 Å². The van der Waals surface area contributed by atoms with Crippen LogP contribution in [0.4, 0.5) is 4.79 Å². The van der Waals surface area contributed by atoms with Gasteiger partial charge < -0.3 is 15.0 Å². The highest BCUT2D eigenvalue weighted by Crippen LogP contribution is 2.33. The van der Waals surface area contributed by atoms with Crippen LogP contribution in [0.5, 0.6) is 0 Å². The number of carbonyl (C=O) groups is 1. The number of piperidine rings is 1. The van der Waals surface area contributed by atoms with E-state index in [4.69, 9.17) is 4.74 Å². The van der Waals surface area contributed by atoms with Crippen molar-refractivity contribution in [2.45, 2.75) is 57.0 Å². The summed E-state index contributed by atoms with van der Waals surface area (Å²) >= 11 is 0. The summed E-state index contributed by atoms with van der Waals surface area (Å²) < 4.78 is 5.82. The molecular weight excluding hydrogens is 240 g/mol. The predicted octanol–water partition coefficient (Wildman–Crippen LogP) is 2.53. The van der Waals surface area contributed by atoms with Crippen LogP contribution in [0.2, 0.25) is 0 Å². The molecule has 0 aromatic carbocycles. The molecule has 0 aromatic heterocycles. The molecule has 1 aliphatic carbocycles. The third-order valence-electron chi connectivity index (χ3n) is 5.12. The molecule has 4 nitrogen and oxygen atoms in total. The first-order valence-electron chi connectivity index (χ1n) is 7.96. The molecule has 1 saturated carbocycles. The summed E-state index contributed by atoms with van der Waals surface area (Å²) in [5.74, 6) is 0.711. The van der Waals surface area contributed by atoms with Gasteiger partial charge in [-0.1, -0.05) is 19.3 Å². The van der Waals surface area contributed by atoms with E-state index in [-0.39, 0.29) is 11.7 Å². The lowest BCUT2D eigenvalue weighted by Gasteiger charge is -2.44. The molecule has 2 heterocycles. The van der Waals surface area contributed by atoms with E-state index in [2.05, 4.69) is 5.32 Å². The third kappa shape index (κ3) is 3.04. The van der Waals surface area contributed by atoms with E-state index in [1.165, 1.54) is 32.1 Å². The number of ether oxygens (including phenoxy) is 1. The van der Waals surface area contributed by atoms with Crippen molar-refractivity contribution in [3.63, 3.8) is 0 Å². The molecule has 1 N–H and O–H groups in total. The summed E-state index contributed by atoms with van der Waals surface area (Å²) in [6.45, 7) is 3.79. The van der Waals surface area contributed by atoms with Crippen molar-refractivity contribution in [1.29, 1.82) is 0 Å². The normalized spacial score (nSPS) is 28.4. The zero-order valence-corrected chi connectivity index (χ0v) is 11.8. The van der Waals surface area contributed by atoms with Crippen LogP contribution in [0.3, 0.4) is 0 Å². The van der Waals surface area contributed by atoms with Crippen molar-refractivity contribution in [3.8, 4) is 0 Å². The highest BCUT2D eigenvalue weighted by Gasteiger charge is 2.41. The van der Waals surface area contributed by atoms with Crippen molar-refractivity contribution in [2.24, 2.45) is 5.92 Å². The van der Waals surface area contributed by atoms with Gasteiger partial charge in [-0.3, -0.25) is 0 Å². The van der Waals surface area contributed by atoms with Gasteiger partial charge >= 0.3 is 6.09 Å². The molecule has 0 radical (unpaired) electrons. The molecule has 1 spiro atoms. The molecule has 3 aliphatic rings. The summed E-state index contributed by atoms with van der Waals surface area (Å²) in [5, 5.41) is 3.34. The average Bonchev–Trinajstić information content (AvgIpc) is 2.44. The Kier molecular flexibility index (Phi) is 3.96. The molecular formula is C15H26N2O2. The molecule has 108 valence electrons. The van der Waals surface area contributed by atoms with Gasteiger partial charge in [0.25, 0.3) is 0 Å². The summed E-state index contributed by atoms with van der Waals surface area (Å²) in [6.07, 6.45) is 9.55. The van der Waals surface area contributed by atoms with Crippen molar-refractivity contribution in [2.75, 3.05) is 26.2 Å². The van der Waals surface area contributed by atoms with Crippen molar-refractivity contribution >= 4 is 6.09 Å². The first-order valence-corrected chi connectivity index (χ1v) is 7.96. The molecule has 19 heavy (non-hydrogen) atoms. The zero-order valence-electron chi connectivity index (χ0n) is 11.8. The van der Waals surface area contributed by atoms with Crippen LogP contribution >= 0.6 is 0 Å². The molecule has 2 saturated heterocycles. The van der Waals surface area contributed by atoms with E-state index in [1.54, 1.807) is 0 Å². The number of hydrogen-bond acceptors (Lipinski definition) is 3. The van der Waals surface area contributed by atoms with E-state index in [9.17, 15) is 4.79 Å². The first-order chi connectivity index (χ1) is 9.27. The lowest BCUT2D eigenvalue weighted by molar-refractivity contribution is -0.0675. The van der Waals surface area contributed by atoms with Crippen LogP contribution in [-0.2, 0) is 4.74 Å². The van der Waals surface area contributed by atoms with Crippen molar-refractivity contribution < 1.29 is 9.53 Å². The molecule has 2 aliphatic heterocycles. The minimum absolute atomic E-state index is 0.0567. The topological polar surface area (TPSA) is 41.6 Å². The third-order valence-corrected chi connectivity index (χ3v) is 5.12. The quantitative estimate of drug-likeness (QED) is 0.835. The van der Waals surface area contributed by atoms with Gasteiger partial charge in [0, 0.05) is 19.5 Å². The zero-order chi connectivity index (χ0) is 13.1. The minimum atomic E-state index is -0.147. The maximum Gasteiger partial charge on any atom is 0.410 e.